The Balaban J connectivity index is 2.36. The molecule has 1 aliphatic rings. The summed E-state index contributed by atoms with van der Waals surface area (Å²) in [7, 11) is 0. The van der Waals surface area contributed by atoms with E-state index in [4.69, 9.17) is 5.73 Å². The molecule has 1 nitrogen and oxygen atoms in total. The van der Waals surface area contributed by atoms with Crippen LogP contribution in [0.1, 0.15) is 52.9 Å². The van der Waals surface area contributed by atoms with Crippen molar-refractivity contribution in [2.45, 2.75) is 58.9 Å². The van der Waals surface area contributed by atoms with E-state index in [2.05, 4.69) is 20.8 Å². The zero-order valence-electron chi connectivity index (χ0n) is 8.77. The van der Waals surface area contributed by atoms with Crippen molar-refractivity contribution in [1.82, 2.24) is 0 Å². The Labute approximate surface area is 76.7 Å². The first-order chi connectivity index (χ1) is 5.55. The van der Waals surface area contributed by atoms with Crippen molar-refractivity contribution < 1.29 is 0 Å². The van der Waals surface area contributed by atoms with E-state index in [1.165, 1.54) is 32.1 Å². The van der Waals surface area contributed by atoms with Gasteiger partial charge in [0.15, 0.2) is 0 Å². The summed E-state index contributed by atoms with van der Waals surface area (Å²) in [5.74, 6) is 0.806. The molecule has 1 saturated carbocycles. The molecule has 1 rings (SSSR count). The Kier molecular flexibility index (Phi) is 3.16. The molecule has 0 spiro atoms. The van der Waals surface area contributed by atoms with Gasteiger partial charge in [0.05, 0.1) is 0 Å². The van der Waals surface area contributed by atoms with Gasteiger partial charge in [-0.1, -0.05) is 27.2 Å². The van der Waals surface area contributed by atoms with Crippen LogP contribution >= 0.6 is 0 Å². The summed E-state index contributed by atoms with van der Waals surface area (Å²) in [6.45, 7) is 6.96. The number of nitrogens with two attached hydrogens (primary N) is 1. The van der Waals surface area contributed by atoms with Gasteiger partial charge in [-0.25, -0.2) is 0 Å². The third-order valence-corrected chi connectivity index (χ3v) is 3.23. The van der Waals surface area contributed by atoms with E-state index in [1.807, 2.05) is 0 Å². The summed E-state index contributed by atoms with van der Waals surface area (Å²) in [6, 6.07) is 0.469. The van der Waals surface area contributed by atoms with E-state index in [1.54, 1.807) is 0 Å². The zero-order chi connectivity index (χ0) is 9.19. The van der Waals surface area contributed by atoms with Crippen molar-refractivity contribution >= 4 is 0 Å². The highest BCUT2D eigenvalue weighted by Crippen LogP contribution is 2.42. The van der Waals surface area contributed by atoms with Gasteiger partial charge in [-0.2, -0.15) is 0 Å². The van der Waals surface area contributed by atoms with Crippen molar-refractivity contribution in [3.8, 4) is 0 Å². The smallest absolute Gasteiger partial charge is 0.00672 e. The molecule has 0 aromatic rings. The fourth-order valence-electron chi connectivity index (χ4n) is 2.42. The normalized spacial score (nSPS) is 30.5. The van der Waals surface area contributed by atoms with E-state index in [0.717, 1.165) is 5.92 Å². The third-order valence-electron chi connectivity index (χ3n) is 3.23. The van der Waals surface area contributed by atoms with E-state index in [9.17, 15) is 0 Å². The lowest BCUT2D eigenvalue weighted by molar-refractivity contribution is 0.331. The van der Waals surface area contributed by atoms with E-state index < -0.39 is 0 Å². The van der Waals surface area contributed by atoms with Crippen LogP contribution < -0.4 is 5.73 Å². The quantitative estimate of drug-likeness (QED) is 0.690. The standard InChI is InChI=1S/C11H23N/c1-4-5-10(12)9-6-7-11(2,3)8-9/h9-10H,4-8,12H2,1-3H3. The highest BCUT2D eigenvalue weighted by atomic mass is 14.7. The van der Waals surface area contributed by atoms with Crippen LogP contribution in [0.5, 0.6) is 0 Å². The minimum Gasteiger partial charge on any atom is -0.327 e. The first kappa shape index (κ1) is 10.0. The summed E-state index contributed by atoms with van der Waals surface area (Å²) >= 11 is 0. The molecule has 2 unspecified atom stereocenters. The Bertz CT molecular complexity index is 140. The van der Waals surface area contributed by atoms with Crippen LogP contribution in [0, 0.1) is 11.3 Å². The van der Waals surface area contributed by atoms with Gasteiger partial charge in [-0.3, -0.25) is 0 Å². The molecule has 0 aliphatic heterocycles. The molecule has 0 saturated heterocycles. The molecule has 0 aromatic heterocycles. The highest BCUT2D eigenvalue weighted by molar-refractivity contribution is 4.87. The van der Waals surface area contributed by atoms with Crippen LogP contribution in [-0.4, -0.2) is 6.04 Å². The molecule has 2 atom stereocenters. The molecule has 72 valence electrons. The largest absolute Gasteiger partial charge is 0.327 e. The van der Waals surface area contributed by atoms with Gasteiger partial charge >= 0.3 is 0 Å². The first-order valence-corrected chi connectivity index (χ1v) is 5.31. The van der Waals surface area contributed by atoms with Gasteiger partial charge in [-0.05, 0) is 37.0 Å². The van der Waals surface area contributed by atoms with Crippen molar-refractivity contribution in [1.29, 1.82) is 0 Å². The molecule has 1 fully saturated rings. The summed E-state index contributed by atoms with van der Waals surface area (Å²) in [6.07, 6.45) is 6.51. The lowest BCUT2D eigenvalue weighted by Gasteiger charge is -2.21. The maximum Gasteiger partial charge on any atom is 0.00672 e. The van der Waals surface area contributed by atoms with Crippen molar-refractivity contribution in [2.24, 2.45) is 17.1 Å². The summed E-state index contributed by atoms with van der Waals surface area (Å²) < 4.78 is 0. The second kappa shape index (κ2) is 3.78. The third kappa shape index (κ3) is 2.48. The predicted molar refractivity (Wildman–Crippen MR) is 54.0 cm³/mol. The summed E-state index contributed by atoms with van der Waals surface area (Å²) in [4.78, 5) is 0. The first-order valence-electron chi connectivity index (χ1n) is 5.31. The molecule has 1 aliphatic carbocycles. The zero-order valence-corrected chi connectivity index (χ0v) is 8.77. The molecule has 0 amide bonds. The maximum atomic E-state index is 6.11. The van der Waals surface area contributed by atoms with E-state index >= 15 is 0 Å². The number of hydrogen-bond acceptors (Lipinski definition) is 1. The fraction of sp³-hybridized carbons (Fsp3) is 1.00. The lowest BCUT2D eigenvalue weighted by atomic mass is 9.88. The Morgan fingerprint density at radius 1 is 1.50 bits per heavy atom. The Hall–Kier alpha value is -0.0400. The molecule has 12 heavy (non-hydrogen) atoms. The van der Waals surface area contributed by atoms with Gasteiger partial charge in [-0.15, -0.1) is 0 Å². The van der Waals surface area contributed by atoms with Gasteiger partial charge in [0.2, 0.25) is 0 Å². The maximum absolute atomic E-state index is 6.11. The summed E-state index contributed by atoms with van der Waals surface area (Å²) in [5, 5.41) is 0. The van der Waals surface area contributed by atoms with Crippen LogP contribution in [0.4, 0.5) is 0 Å². The molecule has 0 radical (unpaired) electrons. The van der Waals surface area contributed by atoms with Gasteiger partial charge in [0.1, 0.15) is 0 Å². The molecule has 0 aromatic carbocycles. The average Bonchev–Trinajstić information content (AvgIpc) is 2.31. The van der Waals surface area contributed by atoms with E-state index in [0.29, 0.717) is 11.5 Å². The van der Waals surface area contributed by atoms with Crippen molar-refractivity contribution in [2.75, 3.05) is 0 Å². The minimum absolute atomic E-state index is 0.469. The minimum atomic E-state index is 0.469. The molecule has 2 N–H and O–H groups in total. The molecule has 0 bridgehead atoms. The van der Waals surface area contributed by atoms with Crippen LogP contribution in [0.2, 0.25) is 0 Å². The molecule has 0 heterocycles. The number of hydrogen-bond donors (Lipinski definition) is 1. The predicted octanol–water partition coefficient (Wildman–Crippen LogP) is 2.94. The Morgan fingerprint density at radius 2 is 2.17 bits per heavy atom. The van der Waals surface area contributed by atoms with Crippen molar-refractivity contribution in [3.05, 3.63) is 0 Å². The second-order valence-corrected chi connectivity index (χ2v) is 5.12. The molecular formula is C11H23N. The van der Waals surface area contributed by atoms with Crippen molar-refractivity contribution in [3.63, 3.8) is 0 Å². The monoisotopic (exact) mass is 169 g/mol. The van der Waals surface area contributed by atoms with Crippen LogP contribution in [0.15, 0.2) is 0 Å². The SMILES string of the molecule is CCCC(N)C1CCC(C)(C)C1. The molecular weight excluding hydrogens is 146 g/mol. The van der Waals surface area contributed by atoms with Gasteiger partial charge in [0, 0.05) is 6.04 Å². The lowest BCUT2D eigenvalue weighted by Crippen LogP contribution is -2.28. The van der Waals surface area contributed by atoms with Crippen LogP contribution in [0.3, 0.4) is 0 Å². The summed E-state index contributed by atoms with van der Waals surface area (Å²) in [5.41, 5.74) is 6.68. The second-order valence-electron chi connectivity index (χ2n) is 5.12. The topological polar surface area (TPSA) is 26.0 Å². The van der Waals surface area contributed by atoms with Gasteiger partial charge in [0.25, 0.3) is 0 Å². The van der Waals surface area contributed by atoms with E-state index in [-0.39, 0.29) is 0 Å². The van der Waals surface area contributed by atoms with Crippen LogP contribution in [0.25, 0.3) is 0 Å². The Morgan fingerprint density at radius 3 is 2.58 bits per heavy atom. The highest BCUT2D eigenvalue weighted by Gasteiger charge is 2.33. The van der Waals surface area contributed by atoms with Crippen LogP contribution in [-0.2, 0) is 0 Å². The molecule has 1 heteroatoms. The van der Waals surface area contributed by atoms with Gasteiger partial charge < -0.3 is 5.73 Å². The average molecular weight is 169 g/mol. The number of rotatable bonds is 3. The fourth-order valence-corrected chi connectivity index (χ4v) is 2.42.